The maximum Gasteiger partial charge on any atom is 0.160 e. The van der Waals surface area contributed by atoms with Crippen LogP contribution in [0, 0.1) is 13.8 Å². The van der Waals surface area contributed by atoms with Crippen molar-refractivity contribution in [1.29, 1.82) is 0 Å². The number of nitrogens with zero attached hydrogens (tertiary/aromatic N) is 5. The van der Waals surface area contributed by atoms with Crippen LogP contribution in [0.25, 0.3) is 0 Å². The molecule has 0 saturated heterocycles. The van der Waals surface area contributed by atoms with Crippen LogP contribution in [-0.2, 0) is 6.54 Å². The molecular formula is C22H31N7OS. The van der Waals surface area contributed by atoms with Gasteiger partial charge in [0.25, 0.3) is 0 Å². The number of pyridine rings is 1. The Bertz CT molecular complexity index is 994. The number of hydrazone groups is 2. The van der Waals surface area contributed by atoms with Crippen molar-refractivity contribution < 1.29 is 4.74 Å². The Balaban J connectivity index is 1.67. The fourth-order valence-electron chi connectivity index (χ4n) is 4.46. The van der Waals surface area contributed by atoms with E-state index in [-0.39, 0.29) is 6.04 Å². The number of hydrogen-bond acceptors (Lipinski definition) is 9. The zero-order valence-electron chi connectivity index (χ0n) is 18.9. The van der Waals surface area contributed by atoms with Gasteiger partial charge >= 0.3 is 0 Å². The maximum atomic E-state index is 6.32. The van der Waals surface area contributed by atoms with Crippen molar-refractivity contribution in [2.24, 2.45) is 20.3 Å². The molecule has 166 valence electrons. The largest absolute Gasteiger partial charge is 0.496 e. The molecule has 0 spiro atoms. The summed E-state index contributed by atoms with van der Waals surface area (Å²) in [4.78, 5) is 4.61. The van der Waals surface area contributed by atoms with E-state index in [1.54, 1.807) is 12.2 Å². The van der Waals surface area contributed by atoms with E-state index < -0.39 is 0 Å². The molecule has 1 unspecified atom stereocenters. The first-order chi connectivity index (χ1) is 15.0. The molecule has 0 saturated carbocycles. The van der Waals surface area contributed by atoms with E-state index >= 15 is 0 Å². The first-order valence-corrected chi connectivity index (χ1v) is 11.8. The van der Waals surface area contributed by atoms with Gasteiger partial charge in [0.2, 0.25) is 0 Å². The van der Waals surface area contributed by atoms with E-state index in [2.05, 4.69) is 28.5 Å². The minimum absolute atomic E-state index is 0.247. The molecule has 0 fully saturated rings. The monoisotopic (exact) mass is 441 g/mol. The summed E-state index contributed by atoms with van der Waals surface area (Å²) in [6.07, 6.45) is 4.87. The fraction of sp³-hybridized carbons (Fsp3) is 0.545. The highest BCUT2D eigenvalue weighted by Gasteiger charge is 2.39. The number of nitrogens with two attached hydrogens (primary N) is 1. The van der Waals surface area contributed by atoms with Crippen LogP contribution in [0.3, 0.4) is 0 Å². The van der Waals surface area contributed by atoms with Crippen LogP contribution in [0.1, 0.15) is 49.9 Å². The third-order valence-electron chi connectivity index (χ3n) is 6.21. The summed E-state index contributed by atoms with van der Waals surface area (Å²) in [5.74, 6) is 2.12. The second kappa shape index (κ2) is 9.00. The highest BCUT2D eigenvalue weighted by molar-refractivity contribution is 7.98. The van der Waals surface area contributed by atoms with Gasteiger partial charge in [0.1, 0.15) is 18.0 Å². The van der Waals surface area contributed by atoms with Gasteiger partial charge < -0.3 is 15.8 Å². The molecule has 4 rings (SSSR count). The number of aromatic nitrogens is 1. The molecule has 3 aliphatic rings. The molecule has 3 N–H and O–H groups in total. The maximum absolute atomic E-state index is 6.32. The molecule has 2 aliphatic heterocycles. The lowest BCUT2D eigenvalue weighted by Gasteiger charge is -2.23. The summed E-state index contributed by atoms with van der Waals surface area (Å²) in [6, 6.07) is 0.727. The Kier molecular flexibility index (Phi) is 6.34. The summed E-state index contributed by atoms with van der Waals surface area (Å²) in [7, 11) is 1.69. The number of aryl methyl sites for hydroxylation is 1. The van der Waals surface area contributed by atoms with Gasteiger partial charge in [-0.05, 0) is 44.2 Å². The third kappa shape index (κ3) is 4.08. The SMILES string of the molecule is CCC(CC)NC1CC2=NN(Cc3ncc(C)c(OC)c3C)N=C3C(N)=NSCC1=C23. The topological polar surface area (TPSA) is 100 Å². The van der Waals surface area contributed by atoms with E-state index in [1.165, 1.54) is 17.5 Å². The van der Waals surface area contributed by atoms with Gasteiger partial charge in [-0.2, -0.15) is 19.7 Å². The van der Waals surface area contributed by atoms with E-state index in [4.69, 9.17) is 20.7 Å². The van der Waals surface area contributed by atoms with Crippen LogP contribution < -0.4 is 15.8 Å². The first kappa shape index (κ1) is 21.8. The van der Waals surface area contributed by atoms with Crippen LogP contribution >= 0.6 is 11.9 Å². The summed E-state index contributed by atoms with van der Waals surface area (Å²) in [5.41, 5.74) is 13.4. The minimum Gasteiger partial charge on any atom is -0.496 e. The fourth-order valence-corrected chi connectivity index (χ4v) is 5.23. The summed E-state index contributed by atoms with van der Waals surface area (Å²) in [6.45, 7) is 8.91. The van der Waals surface area contributed by atoms with Crippen molar-refractivity contribution in [2.75, 3.05) is 12.9 Å². The Morgan fingerprint density at radius 3 is 2.77 bits per heavy atom. The molecule has 1 aromatic rings. The normalized spacial score (nSPS) is 20.4. The summed E-state index contributed by atoms with van der Waals surface area (Å²) in [5, 5.41) is 15.2. The van der Waals surface area contributed by atoms with E-state index in [0.29, 0.717) is 18.4 Å². The Morgan fingerprint density at radius 2 is 2.06 bits per heavy atom. The number of ether oxygens (including phenoxy) is 1. The number of methoxy groups -OCH3 is 1. The molecular weight excluding hydrogens is 410 g/mol. The molecule has 0 radical (unpaired) electrons. The molecule has 0 amide bonds. The van der Waals surface area contributed by atoms with E-state index in [1.807, 2.05) is 20.0 Å². The zero-order valence-corrected chi connectivity index (χ0v) is 19.7. The highest BCUT2D eigenvalue weighted by Crippen LogP contribution is 2.35. The van der Waals surface area contributed by atoms with E-state index in [9.17, 15) is 0 Å². The summed E-state index contributed by atoms with van der Waals surface area (Å²) < 4.78 is 10.0. The molecule has 31 heavy (non-hydrogen) atoms. The molecule has 8 nitrogen and oxygen atoms in total. The van der Waals surface area contributed by atoms with Gasteiger partial charge in [-0.25, -0.2) is 0 Å². The lowest BCUT2D eigenvalue weighted by atomic mass is 10.0. The predicted molar refractivity (Wildman–Crippen MR) is 128 cm³/mol. The molecule has 1 aromatic heterocycles. The van der Waals surface area contributed by atoms with Crippen LogP contribution in [0.2, 0.25) is 0 Å². The Morgan fingerprint density at radius 1 is 1.29 bits per heavy atom. The number of hydrogen-bond donors (Lipinski definition) is 2. The molecule has 1 atom stereocenters. The lowest BCUT2D eigenvalue weighted by molar-refractivity contribution is 0.288. The average molecular weight is 442 g/mol. The van der Waals surface area contributed by atoms with Gasteiger partial charge in [0, 0.05) is 47.2 Å². The second-order valence-corrected chi connectivity index (χ2v) is 8.89. The van der Waals surface area contributed by atoms with Crippen LogP contribution in [0.4, 0.5) is 0 Å². The van der Waals surface area contributed by atoms with Crippen molar-refractivity contribution in [1.82, 2.24) is 15.4 Å². The van der Waals surface area contributed by atoms with Gasteiger partial charge in [-0.1, -0.05) is 13.8 Å². The van der Waals surface area contributed by atoms with Crippen molar-refractivity contribution in [2.45, 2.75) is 65.6 Å². The average Bonchev–Trinajstić information content (AvgIpc) is 3.00. The number of rotatable bonds is 7. The van der Waals surface area contributed by atoms with Crippen LogP contribution in [0.5, 0.6) is 5.75 Å². The Labute approximate surface area is 188 Å². The van der Waals surface area contributed by atoms with Gasteiger partial charge in [0.05, 0.1) is 18.5 Å². The molecule has 9 heteroatoms. The van der Waals surface area contributed by atoms with E-state index in [0.717, 1.165) is 64.6 Å². The third-order valence-corrected chi connectivity index (χ3v) is 6.97. The molecule has 0 bridgehead atoms. The van der Waals surface area contributed by atoms with Crippen LogP contribution in [-0.4, -0.2) is 52.3 Å². The predicted octanol–water partition coefficient (Wildman–Crippen LogP) is 3.10. The standard InChI is InChI=1S/C22H31N7OS/c1-6-14(7-2)25-16-8-17-19-15(16)11-31-28-22(23)20(19)27-29(26-17)10-18-13(4)21(30-5)12(3)9-24-18/h9,14,16,25H,6-8,10-11H2,1-5H3,(H2,23,28). The molecule has 0 aromatic carbocycles. The quantitative estimate of drug-likeness (QED) is 0.631. The first-order valence-electron chi connectivity index (χ1n) is 10.8. The Hall–Kier alpha value is -2.39. The van der Waals surface area contributed by atoms with Crippen molar-refractivity contribution in [3.8, 4) is 5.75 Å². The zero-order chi connectivity index (χ0) is 22.1. The van der Waals surface area contributed by atoms with Crippen molar-refractivity contribution >= 4 is 29.2 Å². The highest BCUT2D eigenvalue weighted by atomic mass is 32.2. The molecule has 3 heterocycles. The van der Waals surface area contributed by atoms with Gasteiger partial charge in [-0.15, -0.1) is 0 Å². The van der Waals surface area contributed by atoms with Crippen LogP contribution in [0.15, 0.2) is 31.9 Å². The minimum atomic E-state index is 0.247. The smallest absolute Gasteiger partial charge is 0.160 e. The van der Waals surface area contributed by atoms with Crippen molar-refractivity contribution in [3.05, 3.63) is 34.2 Å². The lowest BCUT2D eigenvalue weighted by Crippen LogP contribution is -2.38. The second-order valence-electron chi connectivity index (χ2n) is 8.16. The van der Waals surface area contributed by atoms with Gasteiger partial charge in [0.15, 0.2) is 5.84 Å². The number of nitrogens with one attached hydrogen (secondary N) is 1. The number of amidine groups is 1. The van der Waals surface area contributed by atoms with Crippen molar-refractivity contribution in [3.63, 3.8) is 0 Å². The van der Waals surface area contributed by atoms with Gasteiger partial charge in [-0.3, -0.25) is 4.98 Å². The molecule has 1 aliphatic carbocycles. The summed E-state index contributed by atoms with van der Waals surface area (Å²) >= 11 is 1.49.